The van der Waals surface area contributed by atoms with Crippen LogP contribution in [0.2, 0.25) is 0 Å². The van der Waals surface area contributed by atoms with E-state index < -0.39 is 23.8 Å². The maximum Gasteiger partial charge on any atom is 0.308 e. The van der Waals surface area contributed by atoms with Gasteiger partial charge in [0.15, 0.2) is 23.0 Å². The Morgan fingerprint density at radius 2 is 1.71 bits per heavy atom. The molecule has 45 heavy (non-hydrogen) atoms. The van der Waals surface area contributed by atoms with Crippen LogP contribution in [0.15, 0.2) is 36.4 Å². The van der Waals surface area contributed by atoms with Gasteiger partial charge in [0.25, 0.3) is 0 Å². The molecule has 2 aliphatic heterocycles. The molecule has 1 amide bonds. The number of benzene rings is 2. The van der Waals surface area contributed by atoms with E-state index in [-0.39, 0.29) is 25.9 Å². The van der Waals surface area contributed by atoms with Gasteiger partial charge in [-0.05, 0) is 49.1 Å². The van der Waals surface area contributed by atoms with E-state index in [2.05, 4.69) is 28.1 Å². The first kappa shape index (κ1) is 34.2. The number of hydrogen-bond donors (Lipinski definition) is 1. The highest BCUT2D eigenvalue weighted by atomic mass is 16.7. The molecule has 248 valence electrons. The third kappa shape index (κ3) is 8.73. The van der Waals surface area contributed by atoms with E-state index in [1.165, 1.54) is 0 Å². The highest BCUT2D eigenvalue weighted by Crippen LogP contribution is 2.47. The smallest absolute Gasteiger partial charge is 0.308 e. The van der Waals surface area contributed by atoms with Crippen LogP contribution >= 0.6 is 0 Å². The summed E-state index contributed by atoms with van der Waals surface area (Å²) in [6.45, 7) is 5.11. The second kappa shape index (κ2) is 15.5. The van der Waals surface area contributed by atoms with Crippen molar-refractivity contribution in [3.05, 3.63) is 42.0 Å². The molecule has 2 aromatic carbocycles. The van der Waals surface area contributed by atoms with E-state index in [9.17, 15) is 14.7 Å². The van der Waals surface area contributed by atoms with Crippen molar-refractivity contribution in [2.45, 2.75) is 44.6 Å². The van der Waals surface area contributed by atoms with Crippen LogP contribution < -0.4 is 23.7 Å². The monoisotopic (exact) mass is 628 g/mol. The summed E-state index contributed by atoms with van der Waals surface area (Å²) < 4.78 is 29.4. The van der Waals surface area contributed by atoms with Crippen LogP contribution in [0.25, 0.3) is 0 Å². The summed E-state index contributed by atoms with van der Waals surface area (Å²) in [6, 6.07) is 10.3. The first-order valence-electron chi connectivity index (χ1n) is 15.8. The minimum absolute atomic E-state index is 0.00375. The second-order valence-electron chi connectivity index (χ2n) is 12.8. The Balaban J connectivity index is 1.61. The lowest BCUT2D eigenvalue weighted by Gasteiger charge is -2.30. The number of aliphatic carboxylic acids is 1. The quantitative estimate of drug-likeness (QED) is 0.205. The fourth-order valence-electron chi connectivity index (χ4n) is 6.19. The van der Waals surface area contributed by atoms with Gasteiger partial charge in [-0.15, -0.1) is 0 Å². The molecule has 2 heterocycles. The number of amides is 1. The zero-order chi connectivity index (χ0) is 32.6. The lowest BCUT2D eigenvalue weighted by atomic mass is 9.85. The Hall–Kier alpha value is -3.70. The normalized spacial score (nSPS) is 19.4. The maximum absolute atomic E-state index is 13.9. The summed E-state index contributed by atoms with van der Waals surface area (Å²) >= 11 is 0. The van der Waals surface area contributed by atoms with Crippen LogP contribution in [-0.4, -0.2) is 119 Å². The molecule has 0 aliphatic carbocycles. The van der Waals surface area contributed by atoms with Gasteiger partial charge in [0.2, 0.25) is 18.4 Å². The lowest BCUT2D eigenvalue weighted by molar-refractivity contribution is -0.870. The molecule has 0 saturated carbocycles. The maximum atomic E-state index is 13.9. The largest absolute Gasteiger partial charge is 0.493 e. The van der Waals surface area contributed by atoms with E-state index in [1.54, 1.807) is 26.4 Å². The van der Waals surface area contributed by atoms with Gasteiger partial charge in [-0.1, -0.05) is 25.5 Å². The van der Waals surface area contributed by atoms with Gasteiger partial charge < -0.3 is 38.2 Å². The number of quaternary nitrogens is 1. The molecule has 2 aliphatic rings. The number of rotatable bonds is 17. The standard InChI is InChI=1S/C34H49N3O8/c1-7-8-15-35(16-11-12-17-37(2,3)4)31(38)21-36-20-25(24-18-29(42-6)33-30(19-24)44-23-45-33)32(34(39)40)26(36)22-43-28-14-10-9-13-27(28)41-5/h9-10,13-14,18-19,25-26,32H,7-8,11-12,15-17,20-23H2,1-6H3/p+1/t25-,26+,32-/m1/s1. The van der Waals surface area contributed by atoms with Gasteiger partial charge in [-0.3, -0.25) is 14.5 Å². The second-order valence-corrected chi connectivity index (χ2v) is 12.8. The summed E-state index contributed by atoms with van der Waals surface area (Å²) in [5.41, 5.74) is 0.754. The molecular weight excluding hydrogens is 578 g/mol. The van der Waals surface area contributed by atoms with E-state index in [0.717, 1.165) is 42.3 Å². The highest BCUT2D eigenvalue weighted by molar-refractivity contribution is 5.79. The van der Waals surface area contributed by atoms with E-state index in [0.29, 0.717) is 48.4 Å². The topological polar surface area (TPSA) is 107 Å². The molecule has 1 saturated heterocycles. The molecular formula is C34H50N3O8+. The van der Waals surface area contributed by atoms with Crippen LogP contribution in [0.4, 0.5) is 0 Å². The predicted octanol–water partition coefficient (Wildman–Crippen LogP) is 4.10. The van der Waals surface area contributed by atoms with Gasteiger partial charge in [-0.25, -0.2) is 0 Å². The molecule has 0 bridgehead atoms. The molecule has 4 rings (SSSR count). The SMILES string of the molecule is CCCCN(CCCC[N+](C)(C)C)C(=O)CN1C[C@H](c2cc(OC)c3c(c2)OCO3)[C@@H](C(=O)O)[C@@H]1COc1ccccc1OC. The number of carboxylic acids is 1. The number of hydrogen-bond acceptors (Lipinski definition) is 8. The van der Waals surface area contributed by atoms with Crippen molar-refractivity contribution in [1.29, 1.82) is 0 Å². The number of ether oxygens (including phenoxy) is 5. The molecule has 3 atom stereocenters. The first-order chi connectivity index (χ1) is 21.6. The van der Waals surface area contributed by atoms with Crippen LogP contribution in [0.3, 0.4) is 0 Å². The number of methoxy groups -OCH3 is 2. The van der Waals surface area contributed by atoms with Crippen molar-refractivity contribution >= 4 is 11.9 Å². The zero-order valence-corrected chi connectivity index (χ0v) is 27.6. The minimum atomic E-state index is -0.955. The average molecular weight is 629 g/mol. The zero-order valence-electron chi connectivity index (χ0n) is 27.6. The Morgan fingerprint density at radius 1 is 1.00 bits per heavy atom. The van der Waals surface area contributed by atoms with Crippen molar-refractivity contribution in [1.82, 2.24) is 9.80 Å². The lowest BCUT2D eigenvalue weighted by Crippen LogP contribution is -2.47. The van der Waals surface area contributed by atoms with E-state index >= 15 is 0 Å². The van der Waals surface area contributed by atoms with Crippen molar-refractivity contribution in [3.8, 4) is 28.7 Å². The predicted molar refractivity (Wildman–Crippen MR) is 170 cm³/mol. The number of likely N-dealkylation sites (tertiary alicyclic amines) is 1. The third-order valence-electron chi connectivity index (χ3n) is 8.60. The van der Waals surface area contributed by atoms with Gasteiger partial charge in [0, 0.05) is 25.6 Å². The summed E-state index contributed by atoms with van der Waals surface area (Å²) in [5.74, 6) is 0.333. The van der Waals surface area contributed by atoms with E-state index in [4.69, 9.17) is 23.7 Å². The van der Waals surface area contributed by atoms with Crippen LogP contribution in [0.1, 0.15) is 44.1 Å². The number of para-hydroxylation sites is 2. The molecule has 0 unspecified atom stereocenters. The summed E-state index contributed by atoms with van der Waals surface area (Å²) in [6.07, 6.45) is 3.84. The van der Waals surface area contributed by atoms with Crippen molar-refractivity contribution < 1.29 is 42.9 Å². The third-order valence-corrected chi connectivity index (χ3v) is 8.60. The Labute approximate surface area is 267 Å². The Morgan fingerprint density at radius 3 is 2.38 bits per heavy atom. The van der Waals surface area contributed by atoms with Gasteiger partial charge in [0.05, 0.1) is 60.4 Å². The average Bonchev–Trinajstić information content (AvgIpc) is 3.63. The van der Waals surface area contributed by atoms with Crippen molar-refractivity contribution in [3.63, 3.8) is 0 Å². The molecule has 1 fully saturated rings. The summed E-state index contributed by atoms with van der Waals surface area (Å²) in [7, 11) is 9.63. The molecule has 0 radical (unpaired) electrons. The Bertz CT molecular complexity index is 1300. The molecule has 11 heteroatoms. The van der Waals surface area contributed by atoms with Gasteiger partial charge >= 0.3 is 5.97 Å². The molecule has 11 nitrogen and oxygen atoms in total. The number of fused-ring (bicyclic) bond motifs is 1. The fourth-order valence-corrected chi connectivity index (χ4v) is 6.19. The number of nitrogens with zero attached hydrogens (tertiary/aromatic N) is 3. The summed E-state index contributed by atoms with van der Waals surface area (Å²) in [4.78, 5) is 30.8. The van der Waals surface area contributed by atoms with Gasteiger partial charge in [0.1, 0.15) is 6.61 Å². The highest BCUT2D eigenvalue weighted by Gasteiger charge is 2.48. The van der Waals surface area contributed by atoms with Gasteiger partial charge in [-0.2, -0.15) is 0 Å². The molecule has 0 spiro atoms. The minimum Gasteiger partial charge on any atom is -0.493 e. The first-order valence-corrected chi connectivity index (χ1v) is 15.8. The molecule has 1 N–H and O–H groups in total. The molecule has 0 aromatic heterocycles. The molecule has 2 aromatic rings. The van der Waals surface area contributed by atoms with Crippen LogP contribution in [-0.2, 0) is 9.59 Å². The van der Waals surface area contributed by atoms with Crippen molar-refractivity contribution in [2.75, 3.05) is 81.5 Å². The number of carbonyl (C=O) groups is 2. The number of unbranched alkanes of at least 4 members (excludes halogenated alkanes) is 2. The number of carboxylic acid groups (broad SMARTS) is 1. The summed E-state index contributed by atoms with van der Waals surface area (Å²) in [5, 5.41) is 10.6. The Kier molecular flexibility index (Phi) is 11.8. The van der Waals surface area contributed by atoms with E-state index in [1.807, 2.05) is 34.1 Å². The fraction of sp³-hybridized carbons (Fsp3) is 0.588. The van der Waals surface area contributed by atoms with Crippen LogP contribution in [0.5, 0.6) is 28.7 Å². The van der Waals surface area contributed by atoms with Crippen molar-refractivity contribution in [2.24, 2.45) is 5.92 Å². The van der Waals surface area contributed by atoms with Crippen LogP contribution in [0, 0.1) is 5.92 Å². The number of carbonyl (C=O) groups excluding carboxylic acids is 1.